The third kappa shape index (κ3) is 7.57. The van der Waals surface area contributed by atoms with E-state index in [1.54, 1.807) is 19.6 Å². The van der Waals surface area contributed by atoms with E-state index in [1.165, 1.54) is 0 Å². The lowest BCUT2D eigenvalue weighted by Gasteiger charge is -2.44. The fraction of sp³-hybridized carbons (Fsp3) is 0.260. The molecule has 1 amide bonds. The highest BCUT2D eigenvalue weighted by atomic mass is 16.5. The maximum Gasteiger partial charge on any atom is 0.219 e. The highest BCUT2D eigenvalue weighted by molar-refractivity contribution is 6.01. The third-order valence-electron chi connectivity index (χ3n) is 12.8. The summed E-state index contributed by atoms with van der Waals surface area (Å²) in [5.74, 6) is 4.17. The number of benzene rings is 4. The smallest absolute Gasteiger partial charge is 0.219 e. The highest BCUT2D eigenvalue weighted by Gasteiger charge is 2.36. The van der Waals surface area contributed by atoms with Gasteiger partial charge in [-0.3, -0.25) is 4.79 Å². The summed E-state index contributed by atoms with van der Waals surface area (Å²) in [5.41, 5.74) is 18.8. The number of hydrogen-bond acceptors (Lipinski definition) is 9. The molecule has 12 nitrogen and oxygen atoms in total. The minimum atomic E-state index is 0.153. The number of rotatable bonds is 10. The van der Waals surface area contributed by atoms with Gasteiger partial charge >= 0.3 is 0 Å². The van der Waals surface area contributed by atoms with Gasteiger partial charge in [-0.15, -0.1) is 0 Å². The van der Waals surface area contributed by atoms with Crippen LogP contribution >= 0.6 is 0 Å². The SMILES string of the molecule is CC(=O)N(C1CCC(n2cc(-c3ccc(Oc4ccccc4)cc3)c3c(N)ncnc32)CC1)C1CCC(n2cc(-c3ccc(Oc4ccccc4)cc3)c3c(N)ncnc32)CC1. The van der Waals surface area contributed by atoms with Crippen molar-refractivity contribution in [3.05, 3.63) is 134 Å². The standard InChI is InChI=1S/C50H49N9O3/c1-32(60)59(37-20-16-35(17-21-37)57-28-43(45-47(51)53-30-55-49(45)57)33-12-24-41(25-13-33)61-39-8-4-2-5-9-39)38-22-18-36(19-23-38)58-29-44(46-48(52)54-31-56-50(46)58)34-14-26-42(27-15-34)62-40-10-6-3-7-11-40/h2-15,24-31,35-38H,16-23H2,1H3,(H2,51,53,55)(H2,52,54,56). The average Bonchev–Trinajstić information content (AvgIpc) is 3.90. The van der Waals surface area contributed by atoms with Crippen LogP contribution in [0.5, 0.6) is 23.0 Å². The molecule has 4 aromatic heterocycles. The van der Waals surface area contributed by atoms with Gasteiger partial charge in [-0.05, 0) is 111 Å². The van der Waals surface area contributed by atoms with Crippen LogP contribution in [-0.2, 0) is 4.79 Å². The molecule has 62 heavy (non-hydrogen) atoms. The number of nitrogens with zero attached hydrogens (tertiary/aromatic N) is 7. The molecule has 0 aliphatic heterocycles. The Hall–Kier alpha value is -7.21. The first kappa shape index (κ1) is 39.0. The van der Waals surface area contributed by atoms with E-state index in [0.717, 1.165) is 119 Å². The number of fused-ring (bicyclic) bond motifs is 2. The monoisotopic (exact) mass is 823 g/mol. The summed E-state index contributed by atoms with van der Waals surface area (Å²) in [5, 5.41) is 1.72. The molecule has 12 heteroatoms. The van der Waals surface area contributed by atoms with Crippen LogP contribution in [0.1, 0.15) is 70.4 Å². The Morgan fingerprint density at radius 2 is 0.903 bits per heavy atom. The lowest BCUT2D eigenvalue weighted by atomic mass is 9.85. The van der Waals surface area contributed by atoms with Crippen LogP contribution in [-0.4, -0.2) is 52.0 Å². The molecule has 0 bridgehead atoms. The Bertz CT molecular complexity index is 2640. The number of anilines is 2. The Kier molecular flexibility index (Phi) is 10.5. The second kappa shape index (κ2) is 16.7. The topological polar surface area (TPSA) is 152 Å². The number of amides is 1. The molecule has 2 aliphatic carbocycles. The normalized spacial score (nSPS) is 19.0. The molecule has 0 radical (unpaired) electrons. The molecule has 4 N–H and O–H groups in total. The predicted octanol–water partition coefficient (Wildman–Crippen LogP) is 10.8. The van der Waals surface area contributed by atoms with Crippen molar-refractivity contribution in [1.29, 1.82) is 0 Å². The van der Waals surface area contributed by atoms with E-state index in [2.05, 4.69) is 60.7 Å². The van der Waals surface area contributed by atoms with Crippen molar-refractivity contribution in [2.24, 2.45) is 0 Å². The van der Waals surface area contributed by atoms with Gasteiger partial charge in [0.2, 0.25) is 5.91 Å². The molecule has 4 heterocycles. The summed E-state index contributed by atoms with van der Waals surface area (Å²) in [6.45, 7) is 1.74. The Morgan fingerprint density at radius 3 is 1.27 bits per heavy atom. The molecule has 2 fully saturated rings. The van der Waals surface area contributed by atoms with Crippen molar-refractivity contribution in [3.8, 4) is 45.3 Å². The average molecular weight is 824 g/mol. The number of carbonyl (C=O) groups is 1. The lowest BCUT2D eigenvalue weighted by molar-refractivity contribution is -0.135. The Labute approximate surface area is 360 Å². The van der Waals surface area contributed by atoms with E-state index in [-0.39, 0.29) is 30.1 Å². The van der Waals surface area contributed by atoms with Crippen LogP contribution in [0.15, 0.2) is 134 Å². The summed E-state index contributed by atoms with van der Waals surface area (Å²) < 4.78 is 16.7. The van der Waals surface area contributed by atoms with Crippen molar-refractivity contribution in [3.63, 3.8) is 0 Å². The summed E-state index contributed by atoms with van der Waals surface area (Å²) in [7, 11) is 0. The number of nitrogen functional groups attached to an aromatic ring is 2. The molecule has 2 aliphatic rings. The number of nitrogens with two attached hydrogens (primary N) is 2. The van der Waals surface area contributed by atoms with Crippen molar-refractivity contribution < 1.29 is 14.3 Å². The molecule has 0 atom stereocenters. The molecular weight excluding hydrogens is 775 g/mol. The molecule has 0 spiro atoms. The van der Waals surface area contributed by atoms with Gasteiger partial charge in [0.25, 0.3) is 0 Å². The second-order valence-electron chi connectivity index (χ2n) is 16.5. The van der Waals surface area contributed by atoms with Crippen LogP contribution in [0.25, 0.3) is 44.3 Å². The van der Waals surface area contributed by atoms with Crippen molar-refractivity contribution in [2.75, 3.05) is 11.5 Å². The fourth-order valence-corrected chi connectivity index (χ4v) is 9.91. The van der Waals surface area contributed by atoms with Crippen molar-refractivity contribution >= 4 is 39.6 Å². The summed E-state index contributed by atoms with van der Waals surface area (Å²) in [4.78, 5) is 33.9. The summed E-state index contributed by atoms with van der Waals surface area (Å²) in [6, 6.07) is 36.5. The van der Waals surface area contributed by atoms with Crippen LogP contribution in [0.3, 0.4) is 0 Å². The summed E-state index contributed by atoms with van der Waals surface area (Å²) >= 11 is 0. The zero-order chi connectivity index (χ0) is 42.2. The van der Waals surface area contributed by atoms with E-state index < -0.39 is 0 Å². The molecule has 10 rings (SSSR count). The maximum absolute atomic E-state index is 13.5. The number of ether oxygens (including phenoxy) is 2. The predicted molar refractivity (Wildman–Crippen MR) is 243 cm³/mol. The first-order valence-electron chi connectivity index (χ1n) is 21.6. The largest absolute Gasteiger partial charge is 0.457 e. The quantitative estimate of drug-likeness (QED) is 0.137. The van der Waals surface area contributed by atoms with Crippen LogP contribution in [0.2, 0.25) is 0 Å². The van der Waals surface area contributed by atoms with Gasteiger partial charge in [0.15, 0.2) is 0 Å². The number of aromatic nitrogens is 6. The molecular formula is C50H49N9O3. The number of hydrogen-bond donors (Lipinski definition) is 2. The van der Waals surface area contributed by atoms with Crippen LogP contribution in [0.4, 0.5) is 11.6 Å². The minimum absolute atomic E-state index is 0.153. The van der Waals surface area contributed by atoms with Gasteiger partial charge in [-0.25, -0.2) is 19.9 Å². The van der Waals surface area contributed by atoms with Crippen molar-refractivity contribution in [1.82, 2.24) is 34.0 Å². The first-order chi connectivity index (χ1) is 30.4. The van der Waals surface area contributed by atoms with Gasteiger partial charge in [0, 0.05) is 54.6 Å². The van der Waals surface area contributed by atoms with Gasteiger partial charge in [-0.1, -0.05) is 60.7 Å². The van der Waals surface area contributed by atoms with Gasteiger partial charge in [0.1, 0.15) is 58.6 Å². The van der Waals surface area contributed by atoms with Gasteiger partial charge in [-0.2, -0.15) is 0 Å². The highest BCUT2D eigenvalue weighted by Crippen LogP contribution is 2.43. The zero-order valence-corrected chi connectivity index (χ0v) is 34.7. The van der Waals surface area contributed by atoms with Gasteiger partial charge in [0.05, 0.1) is 10.8 Å². The van der Waals surface area contributed by atoms with E-state index in [9.17, 15) is 4.79 Å². The van der Waals surface area contributed by atoms with Gasteiger partial charge < -0.3 is 35.0 Å². The summed E-state index contributed by atoms with van der Waals surface area (Å²) in [6.07, 6.45) is 14.9. The molecule has 0 saturated heterocycles. The molecule has 4 aromatic carbocycles. The molecule has 2 saturated carbocycles. The molecule has 8 aromatic rings. The van der Waals surface area contributed by atoms with E-state index >= 15 is 0 Å². The third-order valence-corrected chi connectivity index (χ3v) is 12.8. The lowest BCUT2D eigenvalue weighted by Crippen LogP contribution is -2.49. The molecule has 312 valence electrons. The number of para-hydroxylation sites is 2. The number of carbonyl (C=O) groups excluding carboxylic acids is 1. The maximum atomic E-state index is 13.5. The molecule has 0 unspecified atom stereocenters. The van der Waals surface area contributed by atoms with E-state index in [1.807, 2.05) is 84.9 Å². The van der Waals surface area contributed by atoms with Crippen LogP contribution < -0.4 is 20.9 Å². The first-order valence-corrected chi connectivity index (χ1v) is 21.6. The van der Waals surface area contributed by atoms with Crippen molar-refractivity contribution in [2.45, 2.75) is 82.5 Å². The Balaban J connectivity index is 0.823. The minimum Gasteiger partial charge on any atom is -0.457 e. The second-order valence-corrected chi connectivity index (χ2v) is 16.5. The van der Waals surface area contributed by atoms with E-state index in [4.69, 9.17) is 30.9 Å². The van der Waals surface area contributed by atoms with Crippen LogP contribution in [0, 0.1) is 0 Å². The Morgan fingerprint density at radius 1 is 0.532 bits per heavy atom. The fourth-order valence-electron chi connectivity index (χ4n) is 9.91. The van der Waals surface area contributed by atoms with E-state index in [0.29, 0.717) is 11.6 Å². The zero-order valence-electron chi connectivity index (χ0n) is 34.7.